The minimum atomic E-state index is -3.62. The number of sulfonamides is 1. The maximum atomic E-state index is 11.2. The van der Waals surface area contributed by atoms with Crippen LogP contribution in [0.5, 0.6) is 5.75 Å². The molecular formula is C8H8BrNO5S. The zero-order valence-corrected chi connectivity index (χ0v) is 10.2. The summed E-state index contributed by atoms with van der Waals surface area (Å²) in [4.78, 5) is 10.6. The Hall–Kier alpha value is -1.28. The number of anilines is 1. The summed E-state index contributed by atoms with van der Waals surface area (Å²) in [6.07, 6.45) is 0. The van der Waals surface area contributed by atoms with Gasteiger partial charge in [-0.05, 0) is 18.2 Å². The molecular weight excluding hydrogens is 302 g/mol. The fraction of sp³-hybridized carbons (Fsp3) is 0.125. The van der Waals surface area contributed by atoms with Crippen molar-refractivity contribution in [2.75, 3.05) is 9.38 Å². The highest BCUT2D eigenvalue weighted by atomic mass is 79.9. The zero-order valence-electron chi connectivity index (χ0n) is 7.84. The largest absolute Gasteiger partial charge is 0.506 e. The predicted molar refractivity (Wildman–Crippen MR) is 61.4 cm³/mol. The smallest absolute Gasteiger partial charge is 0.335 e. The number of aromatic hydroxyl groups is 1. The van der Waals surface area contributed by atoms with Crippen LogP contribution < -0.4 is 4.72 Å². The average Bonchev–Trinajstić information content (AvgIpc) is 2.21. The van der Waals surface area contributed by atoms with Crippen LogP contribution in [-0.2, 0) is 10.0 Å². The second-order valence-corrected chi connectivity index (χ2v) is 5.89. The Kier molecular flexibility index (Phi) is 3.76. The molecule has 8 heteroatoms. The van der Waals surface area contributed by atoms with Crippen molar-refractivity contribution in [2.45, 2.75) is 0 Å². The van der Waals surface area contributed by atoms with Crippen LogP contribution in [-0.4, -0.2) is 29.3 Å². The Morgan fingerprint density at radius 3 is 2.56 bits per heavy atom. The number of halogens is 1. The molecule has 3 N–H and O–H groups in total. The number of rotatable bonds is 4. The highest BCUT2D eigenvalue weighted by Crippen LogP contribution is 2.25. The molecule has 88 valence electrons. The van der Waals surface area contributed by atoms with Crippen LogP contribution >= 0.6 is 15.9 Å². The van der Waals surface area contributed by atoms with E-state index in [4.69, 9.17) is 5.11 Å². The number of hydrogen-bond acceptors (Lipinski definition) is 4. The maximum Gasteiger partial charge on any atom is 0.335 e. The van der Waals surface area contributed by atoms with Crippen molar-refractivity contribution in [3.8, 4) is 5.75 Å². The van der Waals surface area contributed by atoms with Gasteiger partial charge in [0.1, 0.15) is 10.4 Å². The first kappa shape index (κ1) is 12.8. The zero-order chi connectivity index (χ0) is 12.3. The monoisotopic (exact) mass is 309 g/mol. The Morgan fingerprint density at radius 2 is 2.06 bits per heavy atom. The minimum absolute atomic E-state index is 0.120. The molecule has 0 amide bonds. The lowest BCUT2D eigenvalue weighted by Crippen LogP contribution is -2.13. The maximum absolute atomic E-state index is 11.2. The molecule has 1 aromatic rings. The van der Waals surface area contributed by atoms with Gasteiger partial charge in [-0.25, -0.2) is 13.2 Å². The van der Waals surface area contributed by atoms with E-state index >= 15 is 0 Å². The van der Waals surface area contributed by atoms with Crippen LogP contribution in [0, 0.1) is 0 Å². The Labute approximate surface area is 100 Å². The first-order valence-electron chi connectivity index (χ1n) is 3.98. The van der Waals surface area contributed by atoms with E-state index in [1.807, 2.05) is 4.72 Å². The third-order valence-corrected chi connectivity index (χ3v) is 4.28. The van der Waals surface area contributed by atoms with Crippen LogP contribution in [0.25, 0.3) is 0 Å². The summed E-state index contributed by atoms with van der Waals surface area (Å²) in [5, 5.41) is 18.0. The highest BCUT2D eigenvalue weighted by Gasteiger charge is 2.13. The highest BCUT2D eigenvalue weighted by molar-refractivity contribution is 9.10. The second kappa shape index (κ2) is 4.71. The van der Waals surface area contributed by atoms with E-state index in [1.54, 1.807) is 0 Å². The number of phenols is 1. The fourth-order valence-electron chi connectivity index (χ4n) is 0.946. The predicted octanol–water partition coefficient (Wildman–Crippen LogP) is 1.18. The molecule has 0 radical (unpaired) electrons. The van der Waals surface area contributed by atoms with Gasteiger partial charge in [0.2, 0.25) is 10.0 Å². The summed E-state index contributed by atoms with van der Waals surface area (Å²) in [6.45, 7) is 0. The van der Waals surface area contributed by atoms with Crippen LogP contribution in [0.2, 0.25) is 0 Å². The van der Waals surface area contributed by atoms with Crippen molar-refractivity contribution in [3.63, 3.8) is 0 Å². The van der Waals surface area contributed by atoms with E-state index in [1.165, 1.54) is 6.07 Å². The first-order valence-corrected chi connectivity index (χ1v) is 6.76. The van der Waals surface area contributed by atoms with Crippen molar-refractivity contribution in [2.24, 2.45) is 0 Å². The molecule has 0 spiro atoms. The molecule has 6 nitrogen and oxygen atoms in total. The summed E-state index contributed by atoms with van der Waals surface area (Å²) >= 11 is 2.75. The van der Waals surface area contributed by atoms with Gasteiger partial charge in [0.05, 0.1) is 11.3 Å². The number of carboxylic acid groups (broad SMARTS) is 1. The third-order valence-electron chi connectivity index (χ3n) is 1.65. The van der Waals surface area contributed by atoms with Crippen molar-refractivity contribution in [1.82, 2.24) is 0 Å². The number of hydrogen-bond donors (Lipinski definition) is 3. The number of phenolic OH excluding ortho intramolecular Hbond substituents is 1. The molecule has 1 rings (SSSR count). The second-order valence-electron chi connectivity index (χ2n) is 2.86. The van der Waals surface area contributed by atoms with E-state index < -0.39 is 16.0 Å². The quantitative estimate of drug-likeness (QED) is 0.572. The van der Waals surface area contributed by atoms with Crippen molar-refractivity contribution < 1.29 is 23.4 Å². The Bertz CT molecular complexity index is 513. The summed E-state index contributed by atoms with van der Waals surface area (Å²) in [7, 11) is -3.62. The summed E-state index contributed by atoms with van der Waals surface area (Å²) in [5.41, 5.74) is -0.288. The minimum Gasteiger partial charge on any atom is -0.506 e. The summed E-state index contributed by atoms with van der Waals surface area (Å²) in [5.74, 6) is -1.55. The van der Waals surface area contributed by atoms with Gasteiger partial charge in [-0.2, -0.15) is 0 Å². The van der Waals surface area contributed by atoms with Crippen LogP contribution in [0.1, 0.15) is 10.4 Å². The normalized spacial score (nSPS) is 11.1. The van der Waals surface area contributed by atoms with Gasteiger partial charge < -0.3 is 10.2 Å². The van der Waals surface area contributed by atoms with E-state index in [0.717, 1.165) is 12.1 Å². The molecule has 0 aromatic heterocycles. The topological polar surface area (TPSA) is 104 Å². The average molecular weight is 310 g/mol. The molecule has 0 atom stereocenters. The lowest BCUT2D eigenvalue weighted by atomic mass is 10.2. The number of carbonyl (C=O) groups is 1. The fourth-order valence-corrected chi connectivity index (χ4v) is 1.84. The van der Waals surface area contributed by atoms with E-state index in [9.17, 15) is 18.3 Å². The van der Waals surface area contributed by atoms with E-state index in [-0.39, 0.29) is 21.7 Å². The van der Waals surface area contributed by atoms with Gasteiger partial charge >= 0.3 is 5.97 Å². The first-order chi connectivity index (χ1) is 7.35. The van der Waals surface area contributed by atoms with Gasteiger partial charge in [0.15, 0.2) is 0 Å². The molecule has 0 fully saturated rings. The Balaban J connectivity index is 3.13. The number of alkyl halides is 1. The van der Waals surface area contributed by atoms with Crippen LogP contribution in [0.15, 0.2) is 18.2 Å². The standard InChI is InChI=1S/C8H8BrNO5S/c9-4-16(14,15)10-6-3-5(8(12)13)1-2-7(6)11/h1-3,10-11H,4H2,(H,12,13). The molecule has 0 unspecified atom stereocenters. The lowest BCUT2D eigenvalue weighted by Gasteiger charge is -2.08. The molecule has 1 aromatic carbocycles. The van der Waals surface area contributed by atoms with Crippen LogP contribution in [0.3, 0.4) is 0 Å². The molecule has 0 aliphatic rings. The SMILES string of the molecule is O=C(O)c1ccc(O)c(NS(=O)(=O)CBr)c1. The molecule has 0 heterocycles. The number of carboxylic acids is 1. The Morgan fingerprint density at radius 1 is 1.44 bits per heavy atom. The van der Waals surface area contributed by atoms with Gasteiger partial charge in [-0.3, -0.25) is 4.72 Å². The van der Waals surface area contributed by atoms with E-state index in [0.29, 0.717) is 0 Å². The van der Waals surface area contributed by atoms with E-state index in [2.05, 4.69) is 15.9 Å². The number of aromatic carboxylic acids is 1. The summed E-state index contributed by atoms with van der Waals surface area (Å²) < 4.78 is 24.1. The molecule has 0 bridgehead atoms. The van der Waals surface area contributed by atoms with Gasteiger partial charge in [-0.1, -0.05) is 15.9 Å². The lowest BCUT2D eigenvalue weighted by molar-refractivity contribution is 0.0697. The molecule has 0 saturated carbocycles. The molecule has 16 heavy (non-hydrogen) atoms. The number of nitrogens with one attached hydrogen (secondary N) is 1. The van der Waals surface area contributed by atoms with Gasteiger partial charge in [0, 0.05) is 0 Å². The number of benzene rings is 1. The third kappa shape index (κ3) is 3.11. The van der Waals surface area contributed by atoms with Gasteiger partial charge in [0.25, 0.3) is 0 Å². The van der Waals surface area contributed by atoms with Gasteiger partial charge in [-0.15, -0.1) is 0 Å². The van der Waals surface area contributed by atoms with Crippen molar-refractivity contribution in [3.05, 3.63) is 23.8 Å². The molecule has 0 aliphatic carbocycles. The van der Waals surface area contributed by atoms with Crippen molar-refractivity contribution in [1.29, 1.82) is 0 Å². The van der Waals surface area contributed by atoms with Crippen LogP contribution in [0.4, 0.5) is 5.69 Å². The molecule has 0 saturated heterocycles. The van der Waals surface area contributed by atoms with Crippen molar-refractivity contribution >= 4 is 37.6 Å². The molecule has 0 aliphatic heterocycles. The summed E-state index contributed by atoms with van der Waals surface area (Å²) in [6, 6.07) is 3.32.